The number of carbonyl (C=O) groups excluding carboxylic acids is 2. The van der Waals surface area contributed by atoms with E-state index in [0.717, 1.165) is 0 Å². The second kappa shape index (κ2) is 17.9. The highest BCUT2D eigenvalue weighted by Crippen LogP contribution is 2.23. The predicted octanol–water partition coefficient (Wildman–Crippen LogP) is -5.46. The summed E-state index contributed by atoms with van der Waals surface area (Å²) < 4.78 is 20.0. The average molecular weight is 563 g/mol. The summed E-state index contributed by atoms with van der Waals surface area (Å²) in [6, 6.07) is 0. The molecule has 0 spiro atoms. The van der Waals surface area contributed by atoms with E-state index in [1.54, 1.807) is 0 Å². The third kappa shape index (κ3) is 10.2. The van der Waals surface area contributed by atoms with Crippen molar-refractivity contribution in [2.75, 3.05) is 52.9 Å². The fourth-order valence-corrected chi connectivity index (χ4v) is 3.11. The highest BCUT2D eigenvalue weighted by atomic mass is 16.6. The van der Waals surface area contributed by atoms with Crippen molar-refractivity contribution in [3.63, 3.8) is 0 Å². The Kier molecular flexibility index (Phi) is 17.2. The molecule has 226 valence electrons. The van der Waals surface area contributed by atoms with Gasteiger partial charge in [0.25, 0.3) is 0 Å². The molecule has 0 bridgehead atoms. The van der Waals surface area contributed by atoms with E-state index in [1.165, 1.54) is 13.8 Å². The van der Waals surface area contributed by atoms with Crippen LogP contribution >= 0.6 is 0 Å². The molecular formula is C22H42O16. The molecule has 16 heteroatoms. The number of carbonyl (C=O) groups is 2. The first-order chi connectivity index (χ1) is 17.8. The van der Waals surface area contributed by atoms with E-state index in [1.807, 2.05) is 0 Å². The van der Waals surface area contributed by atoms with Crippen molar-refractivity contribution in [3.8, 4) is 0 Å². The van der Waals surface area contributed by atoms with Crippen LogP contribution in [0.5, 0.6) is 0 Å². The molecule has 0 aliphatic rings. The molecule has 16 nitrogen and oxygen atoms in total. The lowest BCUT2D eigenvalue weighted by Crippen LogP contribution is -2.58. The molecule has 0 aromatic carbocycles. The van der Waals surface area contributed by atoms with Crippen LogP contribution in [0.3, 0.4) is 0 Å². The fourth-order valence-electron chi connectivity index (χ4n) is 3.11. The van der Waals surface area contributed by atoms with Crippen molar-refractivity contribution in [3.05, 3.63) is 0 Å². The van der Waals surface area contributed by atoms with Crippen molar-refractivity contribution in [1.82, 2.24) is 0 Å². The van der Waals surface area contributed by atoms with E-state index in [2.05, 4.69) is 0 Å². The Morgan fingerprint density at radius 3 is 1.16 bits per heavy atom. The Bertz CT molecular complexity index is 624. The molecule has 0 rings (SSSR count). The van der Waals surface area contributed by atoms with E-state index in [-0.39, 0.29) is 52.5 Å². The van der Waals surface area contributed by atoms with Crippen LogP contribution in [0.15, 0.2) is 0 Å². The Hall–Kier alpha value is -1.54. The molecule has 0 aromatic rings. The summed E-state index contributed by atoms with van der Waals surface area (Å²) in [5, 5.41) is 96.7. The second-order valence-corrected chi connectivity index (χ2v) is 8.42. The molecule has 0 saturated heterocycles. The zero-order chi connectivity index (χ0) is 29.5. The number of hydrogen-bond acceptors (Lipinski definition) is 16. The molecule has 38 heavy (non-hydrogen) atoms. The number of rotatable bonds is 21. The van der Waals surface area contributed by atoms with Crippen molar-refractivity contribution < 1.29 is 79.6 Å². The summed E-state index contributed by atoms with van der Waals surface area (Å²) in [6.07, 6.45) is -12.5. The molecule has 8 atom stereocenters. The summed E-state index contributed by atoms with van der Waals surface area (Å²) in [5.41, 5.74) is -5.07. The zero-order valence-electron chi connectivity index (χ0n) is 21.5. The van der Waals surface area contributed by atoms with E-state index >= 15 is 0 Å². The highest BCUT2D eigenvalue weighted by Gasteiger charge is 2.49. The Morgan fingerprint density at radius 2 is 0.895 bits per heavy atom. The number of aliphatic hydroxyl groups is 10. The van der Waals surface area contributed by atoms with Crippen LogP contribution in [-0.2, 0) is 28.5 Å². The lowest BCUT2D eigenvalue weighted by atomic mass is 9.88. The van der Waals surface area contributed by atoms with Crippen LogP contribution in [0.4, 0.5) is 0 Å². The molecule has 0 radical (unpaired) electrons. The zero-order valence-corrected chi connectivity index (χ0v) is 21.5. The van der Waals surface area contributed by atoms with Crippen molar-refractivity contribution in [1.29, 1.82) is 0 Å². The molecule has 8 unspecified atom stereocenters. The smallest absolute Gasteiger partial charge is 0.341 e. The van der Waals surface area contributed by atoms with Crippen molar-refractivity contribution in [2.24, 2.45) is 0 Å². The summed E-state index contributed by atoms with van der Waals surface area (Å²) in [6.45, 7) is -0.0551. The standard InChI is InChI=1S/C22H42O16/c1-3-21(33,17(29)15(27)13(25)11-23)19(31)37-9-7-35-5-6-36-8-10-38-20(32)22(34,4-2)18(30)16(28)14(26)12-24/h13-18,23-30,33-34H,3-12H2,1-2H3. The van der Waals surface area contributed by atoms with Gasteiger partial charge in [-0.3, -0.25) is 0 Å². The van der Waals surface area contributed by atoms with Crippen LogP contribution in [-0.4, -0.2) is 164 Å². The Balaban J connectivity index is 4.29. The minimum Gasteiger partial charge on any atom is -0.461 e. The van der Waals surface area contributed by atoms with Gasteiger partial charge in [0.05, 0.1) is 39.6 Å². The van der Waals surface area contributed by atoms with Gasteiger partial charge >= 0.3 is 11.9 Å². The van der Waals surface area contributed by atoms with Gasteiger partial charge in [0.2, 0.25) is 0 Å². The summed E-state index contributed by atoms with van der Waals surface area (Å²) in [7, 11) is 0. The van der Waals surface area contributed by atoms with Gasteiger partial charge in [-0.25, -0.2) is 9.59 Å². The maximum atomic E-state index is 12.2. The molecule has 0 heterocycles. The van der Waals surface area contributed by atoms with E-state index in [9.17, 15) is 50.4 Å². The third-order valence-electron chi connectivity index (χ3n) is 5.87. The van der Waals surface area contributed by atoms with Crippen LogP contribution in [0.1, 0.15) is 26.7 Å². The lowest BCUT2D eigenvalue weighted by Gasteiger charge is -2.33. The molecule has 10 N–H and O–H groups in total. The molecule has 0 amide bonds. The number of esters is 2. The normalized spacial score (nSPS) is 19.8. The topological polar surface area (TPSA) is 273 Å². The molecule has 0 aliphatic carbocycles. The first-order valence-electron chi connectivity index (χ1n) is 12.0. The quantitative estimate of drug-likeness (QED) is 0.0461. The number of hydrogen-bond donors (Lipinski definition) is 10. The van der Waals surface area contributed by atoms with Gasteiger partial charge in [-0.2, -0.15) is 0 Å². The fraction of sp³-hybridized carbons (Fsp3) is 0.909. The maximum absolute atomic E-state index is 12.2. The van der Waals surface area contributed by atoms with Crippen molar-refractivity contribution in [2.45, 2.75) is 74.5 Å². The highest BCUT2D eigenvalue weighted by molar-refractivity contribution is 5.80. The van der Waals surface area contributed by atoms with E-state index < -0.39 is 73.0 Å². The van der Waals surface area contributed by atoms with E-state index in [4.69, 9.17) is 29.2 Å². The molecule has 0 saturated carbocycles. The van der Waals surface area contributed by atoms with Gasteiger partial charge in [0, 0.05) is 0 Å². The predicted molar refractivity (Wildman–Crippen MR) is 124 cm³/mol. The SMILES string of the molecule is CCC(O)(C(=O)OCCOCCOCCOC(=O)C(O)(CC)C(O)C(O)C(O)CO)C(O)C(O)C(O)CO. The lowest BCUT2D eigenvalue weighted by molar-refractivity contribution is -0.198. The minimum absolute atomic E-state index is 0.0103. The molecule has 0 fully saturated rings. The Labute approximate surface area is 219 Å². The second-order valence-electron chi connectivity index (χ2n) is 8.42. The Morgan fingerprint density at radius 1 is 0.605 bits per heavy atom. The monoisotopic (exact) mass is 562 g/mol. The molecule has 0 aromatic heterocycles. The minimum atomic E-state index is -2.53. The summed E-state index contributed by atoms with van der Waals surface area (Å²) in [5.74, 6) is -2.54. The summed E-state index contributed by atoms with van der Waals surface area (Å²) in [4.78, 5) is 24.3. The number of ether oxygens (including phenoxy) is 4. The molecular weight excluding hydrogens is 520 g/mol. The van der Waals surface area contributed by atoms with E-state index in [0.29, 0.717) is 0 Å². The van der Waals surface area contributed by atoms with Gasteiger partial charge in [-0.1, -0.05) is 13.8 Å². The average Bonchev–Trinajstić information content (AvgIpc) is 2.93. The summed E-state index contributed by atoms with van der Waals surface area (Å²) >= 11 is 0. The van der Waals surface area contributed by atoms with Crippen LogP contribution in [0, 0.1) is 0 Å². The first-order valence-corrected chi connectivity index (χ1v) is 12.0. The third-order valence-corrected chi connectivity index (χ3v) is 5.87. The maximum Gasteiger partial charge on any atom is 0.341 e. The van der Waals surface area contributed by atoms with Gasteiger partial charge < -0.3 is 70.0 Å². The van der Waals surface area contributed by atoms with Gasteiger partial charge in [0.1, 0.15) is 49.8 Å². The van der Waals surface area contributed by atoms with Crippen LogP contribution in [0.25, 0.3) is 0 Å². The van der Waals surface area contributed by atoms with Crippen LogP contribution < -0.4 is 0 Å². The largest absolute Gasteiger partial charge is 0.461 e. The van der Waals surface area contributed by atoms with Gasteiger partial charge in [-0.15, -0.1) is 0 Å². The van der Waals surface area contributed by atoms with Gasteiger partial charge in [0.15, 0.2) is 11.2 Å². The first kappa shape index (κ1) is 36.5. The molecule has 0 aliphatic heterocycles. The van der Waals surface area contributed by atoms with Crippen molar-refractivity contribution >= 4 is 11.9 Å². The van der Waals surface area contributed by atoms with Gasteiger partial charge in [-0.05, 0) is 12.8 Å². The number of aliphatic hydroxyl groups excluding tert-OH is 8. The van der Waals surface area contributed by atoms with Crippen LogP contribution in [0.2, 0.25) is 0 Å².